The highest BCUT2D eigenvalue weighted by molar-refractivity contribution is 5.95. The van der Waals surface area contributed by atoms with E-state index < -0.39 is 0 Å². The van der Waals surface area contributed by atoms with Crippen LogP contribution in [0.25, 0.3) is 0 Å². The summed E-state index contributed by atoms with van der Waals surface area (Å²) in [5.41, 5.74) is 6.57. The highest BCUT2D eigenvalue weighted by Gasteiger charge is 2.07. The van der Waals surface area contributed by atoms with E-state index in [2.05, 4.69) is 11.2 Å². The van der Waals surface area contributed by atoms with Gasteiger partial charge in [-0.05, 0) is 18.2 Å². The van der Waals surface area contributed by atoms with Crippen LogP contribution < -0.4 is 15.8 Å². The van der Waals surface area contributed by atoms with Gasteiger partial charge >= 0.3 is 0 Å². The van der Waals surface area contributed by atoms with Gasteiger partial charge in [0.15, 0.2) is 0 Å². The van der Waals surface area contributed by atoms with E-state index >= 15 is 0 Å². The first-order valence-electron chi connectivity index (χ1n) is 4.34. The zero-order valence-electron chi connectivity index (χ0n) is 8.41. The van der Waals surface area contributed by atoms with Crippen LogP contribution in [0.2, 0.25) is 0 Å². The minimum absolute atomic E-state index is 0.200. The van der Waals surface area contributed by atoms with E-state index in [4.69, 9.17) is 16.9 Å². The molecule has 3 N–H and O–H groups in total. The van der Waals surface area contributed by atoms with Crippen molar-refractivity contribution in [3.63, 3.8) is 0 Å². The van der Waals surface area contributed by atoms with Crippen molar-refractivity contribution in [1.29, 1.82) is 0 Å². The Hall–Kier alpha value is -2.15. The van der Waals surface area contributed by atoms with Crippen molar-refractivity contribution in [2.45, 2.75) is 0 Å². The molecule has 0 saturated heterocycles. The van der Waals surface area contributed by atoms with Crippen molar-refractivity contribution in [2.24, 2.45) is 0 Å². The van der Waals surface area contributed by atoms with Crippen LogP contribution in [0.1, 0.15) is 10.4 Å². The number of terminal acetylenes is 1. The third kappa shape index (κ3) is 2.64. The summed E-state index contributed by atoms with van der Waals surface area (Å²) >= 11 is 0. The highest BCUT2D eigenvalue weighted by atomic mass is 16.5. The van der Waals surface area contributed by atoms with Gasteiger partial charge in [-0.1, -0.05) is 5.92 Å². The fourth-order valence-electron chi connectivity index (χ4n) is 1.09. The van der Waals surface area contributed by atoms with E-state index in [0.717, 1.165) is 0 Å². The molecule has 0 unspecified atom stereocenters. The van der Waals surface area contributed by atoms with Crippen molar-refractivity contribution in [3.8, 4) is 18.1 Å². The van der Waals surface area contributed by atoms with Crippen LogP contribution in [0.5, 0.6) is 5.75 Å². The number of hydrogen-bond donors (Lipinski definition) is 2. The van der Waals surface area contributed by atoms with Gasteiger partial charge in [-0.3, -0.25) is 4.79 Å². The van der Waals surface area contributed by atoms with Gasteiger partial charge in [0.1, 0.15) is 5.75 Å². The molecule has 1 aromatic rings. The van der Waals surface area contributed by atoms with Crippen LogP contribution in [-0.4, -0.2) is 19.6 Å². The molecule has 78 valence electrons. The molecule has 4 heteroatoms. The van der Waals surface area contributed by atoms with Crippen molar-refractivity contribution in [2.75, 3.05) is 19.4 Å². The van der Waals surface area contributed by atoms with Gasteiger partial charge in [-0.15, -0.1) is 6.42 Å². The lowest BCUT2D eigenvalue weighted by atomic mass is 10.2. The monoisotopic (exact) mass is 204 g/mol. The molecule has 0 radical (unpaired) electrons. The fourth-order valence-corrected chi connectivity index (χ4v) is 1.09. The van der Waals surface area contributed by atoms with Crippen LogP contribution in [0.15, 0.2) is 18.2 Å². The predicted octanol–water partition coefficient (Wildman–Crippen LogP) is 0.640. The maximum atomic E-state index is 11.5. The summed E-state index contributed by atoms with van der Waals surface area (Å²) in [6.45, 7) is 0.200. The quantitative estimate of drug-likeness (QED) is 0.561. The standard InChI is InChI=1S/C11H12N2O2/c1-3-6-13-11(14)8-4-5-9(12)10(7-8)15-2/h1,4-5,7H,6,12H2,2H3,(H,13,14). The molecule has 0 aliphatic rings. The number of nitrogen functional groups attached to an aromatic ring is 1. The lowest BCUT2D eigenvalue weighted by Crippen LogP contribution is -2.23. The number of ether oxygens (including phenoxy) is 1. The van der Waals surface area contributed by atoms with Gasteiger partial charge in [0.05, 0.1) is 19.3 Å². The summed E-state index contributed by atoms with van der Waals surface area (Å²) in [5.74, 6) is 2.55. The Morgan fingerprint density at radius 2 is 2.40 bits per heavy atom. The smallest absolute Gasteiger partial charge is 0.252 e. The van der Waals surface area contributed by atoms with Gasteiger partial charge in [0, 0.05) is 5.56 Å². The second-order valence-electron chi connectivity index (χ2n) is 2.84. The molecule has 0 aromatic heterocycles. The Morgan fingerprint density at radius 1 is 1.67 bits per heavy atom. The Morgan fingerprint density at radius 3 is 3.00 bits per heavy atom. The summed E-state index contributed by atoms with van der Waals surface area (Å²) in [7, 11) is 1.49. The van der Waals surface area contributed by atoms with Crippen molar-refractivity contribution in [1.82, 2.24) is 5.32 Å². The van der Waals surface area contributed by atoms with Gasteiger partial charge < -0.3 is 15.8 Å². The second kappa shape index (κ2) is 4.91. The molecule has 15 heavy (non-hydrogen) atoms. The Kier molecular flexibility index (Phi) is 3.58. The average molecular weight is 204 g/mol. The molecule has 0 atom stereocenters. The van der Waals surface area contributed by atoms with Crippen LogP contribution in [0.4, 0.5) is 5.69 Å². The molecule has 0 saturated carbocycles. The number of anilines is 1. The van der Waals surface area contributed by atoms with Crippen LogP contribution in [0, 0.1) is 12.3 Å². The minimum atomic E-state index is -0.244. The normalized spacial score (nSPS) is 9.07. The molecule has 0 spiro atoms. The Bertz CT molecular complexity index is 408. The summed E-state index contributed by atoms with van der Waals surface area (Å²) in [6, 6.07) is 4.80. The zero-order chi connectivity index (χ0) is 11.3. The van der Waals surface area contributed by atoms with Crippen LogP contribution >= 0.6 is 0 Å². The summed E-state index contributed by atoms with van der Waals surface area (Å²) in [6.07, 6.45) is 5.03. The summed E-state index contributed by atoms with van der Waals surface area (Å²) < 4.78 is 4.99. The molecular weight excluding hydrogens is 192 g/mol. The van der Waals surface area contributed by atoms with E-state index in [0.29, 0.717) is 17.0 Å². The van der Waals surface area contributed by atoms with Crippen molar-refractivity contribution >= 4 is 11.6 Å². The number of carbonyl (C=O) groups is 1. The van der Waals surface area contributed by atoms with E-state index in [1.165, 1.54) is 7.11 Å². The molecule has 1 aromatic carbocycles. The zero-order valence-corrected chi connectivity index (χ0v) is 8.41. The number of nitrogens with two attached hydrogens (primary N) is 1. The van der Waals surface area contributed by atoms with E-state index in [-0.39, 0.29) is 12.5 Å². The first-order chi connectivity index (χ1) is 7.19. The number of nitrogens with one attached hydrogen (secondary N) is 1. The van der Waals surface area contributed by atoms with Crippen LogP contribution in [-0.2, 0) is 0 Å². The first-order valence-corrected chi connectivity index (χ1v) is 4.34. The SMILES string of the molecule is C#CCNC(=O)c1ccc(N)c(OC)c1. The lowest BCUT2D eigenvalue weighted by Gasteiger charge is -2.06. The molecule has 1 rings (SSSR count). The minimum Gasteiger partial charge on any atom is -0.495 e. The number of methoxy groups -OCH3 is 1. The summed E-state index contributed by atoms with van der Waals surface area (Å²) in [4.78, 5) is 11.5. The van der Waals surface area contributed by atoms with Gasteiger partial charge in [-0.2, -0.15) is 0 Å². The van der Waals surface area contributed by atoms with Gasteiger partial charge in [-0.25, -0.2) is 0 Å². The second-order valence-corrected chi connectivity index (χ2v) is 2.84. The highest BCUT2D eigenvalue weighted by Crippen LogP contribution is 2.21. The van der Waals surface area contributed by atoms with E-state index in [1.807, 2.05) is 0 Å². The number of amides is 1. The Labute approximate surface area is 88.4 Å². The predicted molar refractivity (Wildman–Crippen MR) is 58.6 cm³/mol. The first kappa shape index (κ1) is 10.9. The molecular formula is C11H12N2O2. The lowest BCUT2D eigenvalue weighted by molar-refractivity contribution is 0.0958. The van der Waals surface area contributed by atoms with E-state index in [9.17, 15) is 4.79 Å². The topological polar surface area (TPSA) is 64.4 Å². The molecule has 0 bridgehead atoms. The molecule has 0 heterocycles. The third-order valence-electron chi connectivity index (χ3n) is 1.85. The number of carbonyl (C=O) groups excluding carboxylic acids is 1. The molecule has 0 fully saturated rings. The van der Waals surface area contributed by atoms with Gasteiger partial charge in [0.25, 0.3) is 5.91 Å². The van der Waals surface area contributed by atoms with Gasteiger partial charge in [0.2, 0.25) is 0 Å². The summed E-state index contributed by atoms with van der Waals surface area (Å²) in [5, 5.41) is 2.55. The maximum Gasteiger partial charge on any atom is 0.252 e. The Balaban J connectivity index is 2.87. The third-order valence-corrected chi connectivity index (χ3v) is 1.85. The number of hydrogen-bond acceptors (Lipinski definition) is 3. The van der Waals surface area contributed by atoms with Crippen LogP contribution in [0.3, 0.4) is 0 Å². The number of benzene rings is 1. The van der Waals surface area contributed by atoms with Crippen molar-refractivity contribution < 1.29 is 9.53 Å². The fraction of sp³-hybridized carbons (Fsp3) is 0.182. The largest absolute Gasteiger partial charge is 0.495 e. The number of rotatable bonds is 3. The maximum absolute atomic E-state index is 11.5. The van der Waals surface area contributed by atoms with E-state index in [1.54, 1.807) is 18.2 Å². The average Bonchev–Trinajstić information content (AvgIpc) is 2.26. The molecule has 4 nitrogen and oxygen atoms in total. The van der Waals surface area contributed by atoms with Crippen molar-refractivity contribution in [3.05, 3.63) is 23.8 Å². The molecule has 0 aliphatic heterocycles. The molecule has 0 aliphatic carbocycles. The molecule has 1 amide bonds.